The lowest BCUT2D eigenvalue weighted by atomic mass is 10.0. The van der Waals surface area contributed by atoms with Crippen LogP contribution in [0.1, 0.15) is 30.9 Å². The van der Waals surface area contributed by atoms with Gasteiger partial charge in [0, 0.05) is 32.5 Å². The molecule has 0 saturated carbocycles. The Labute approximate surface area is 207 Å². The Morgan fingerprint density at radius 3 is 2.14 bits per heavy atom. The van der Waals surface area contributed by atoms with E-state index in [1.54, 1.807) is 31.4 Å². The molecular formula is C24H28F3N3O5S. The van der Waals surface area contributed by atoms with Gasteiger partial charge >= 0.3 is 6.18 Å². The van der Waals surface area contributed by atoms with Crippen LogP contribution in [0.15, 0.2) is 53.4 Å². The number of alkyl halides is 3. The molecule has 0 spiro atoms. The molecule has 12 heteroatoms. The summed E-state index contributed by atoms with van der Waals surface area (Å²) in [6.45, 7) is 1.51. The van der Waals surface area contributed by atoms with Crippen LogP contribution in [-0.4, -0.2) is 56.8 Å². The van der Waals surface area contributed by atoms with Crippen LogP contribution in [0.25, 0.3) is 0 Å². The van der Waals surface area contributed by atoms with Gasteiger partial charge in [0.25, 0.3) is 0 Å². The maximum Gasteiger partial charge on any atom is 0.416 e. The topological polar surface area (TPSA) is 105 Å². The Hall–Kier alpha value is -3.12. The molecule has 0 unspecified atom stereocenters. The first kappa shape index (κ1) is 27.5. The molecule has 3 rings (SSSR count). The molecule has 2 aromatic carbocycles. The lowest BCUT2D eigenvalue weighted by Crippen LogP contribution is -2.53. The standard InChI is InChI=1S/C24H28F3N3O5S/c1-16(31)28-22(15-17-3-7-20(35-2)8-4-17)23(32)29-19-11-13-30(14-12-19)36(33,34)21-9-5-18(6-10-21)24(25,26)27/h3-10,19,22H,11-15H2,1-2H3,(H,28,31)(H,29,32)/t22-/m1/s1. The van der Waals surface area contributed by atoms with Crippen LogP contribution in [-0.2, 0) is 32.2 Å². The summed E-state index contributed by atoms with van der Waals surface area (Å²) in [4.78, 5) is 24.4. The van der Waals surface area contributed by atoms with Gasteiger partial charge in [-0.1, -0.05) is 12.1 Å². The van der Waals surface area contributed by atoms with Crippen molar-refractivity contribution in [2.45, 2.75) is 49.3 Å². The zero-order valence-corrected chi connectivity index (χ0v) is 20.7. The first-order chi connectivity index (χ1) is 16.9. The van der Waals surface area contributed by atoms with Gasteiger partial charge in [-0.3, -0.25) is 9.59 Å². The second-order valence-corrected chi connectivity index (χ2v) is 10.5. The zero-order chi connectivity index (χ0) is 26.5. The fraction of sp³-hybridized carbons (Fsp3) is 0.417. The molecule has 2 amide bonds. The van der Waals surface area contributed by atoms with Gasteiger partial charge in [0.05, 0.1) is 17.6 Å². The summed E-state index contributed by atoms with van der Waals surface area (Å²) in [5.74, 6) is -0.0801. The number of carbonyl (C=O) groups excluding carboxylic acids is 2. The van der Waals surface area contributed by atoms with Gasteiger partial charge in [-0.05, 0) is 54.8 Å². The maximum absolute atomic E-state index is 12.9. The van der Waals surface area contributed by atoms with Crippen LogP contribution >= 0.6 is 0 Å². The third kappa shape index (κ3) is 6.97. The number of piperidine rings is 1. The lowest BCUT2D eigenvalue weighted by molar-refractivity contribution is -0.137. The number of nitrogens with one attached hydrogen (secondary N) is 2. The normalized spacial score (nSPS) is 16.2. The van der Waals surface area contributed by atoms with Gasteiger partial charge in [-0.15, -0.1) is 0 Å². The summed E-state index contributed by atoms with van der Waals surface area (Å²) in [6, 6.07) is 9.35. The first-order valence-corrected chi connectivity index (χ1v) is 12.7. The predicted octanol–water partition coefficient (Wildman–Crippen LogP) is 2.73. The van der Waals surface area contributed by atoms with E-state index in [2.05, 4.69) is 10.6 Å². The summed E-state index contributed by atoms with van der Waals surface area (Å²) in [7, 11) is -2.42. The van der Waals surface area contributed by atoms with Crippen LogP contribution in [0.5, 0.6) is 5.75 Å². The predicted molar refractivity (Wildman–Crippen MR) is 126 cm³/mol. The Morgan fingerprint density at radius 1 is 1.06 bits per heavy atom. The van der Waals surface area contributed by atoms with Crippen molar-refractivity contribution < 1.29 is 35.9 Å². The molecule has 1 fully saturated rings. The second-order valence-electron chi connectivity index (χ2n) is 8.51. The van der Waals surface area contributed by atoms with Crippen molar-refractivity contribution in [1.82, 2.24) is 14.9 Å². The van der Waals surface area contributed by atoms with Crippen LogP contribution < -0.4 is 15.4 Å². The van der Waals surface area contributed by atoms with Gasteiger partial charge in [0.2, 0.25) is 21.8 Å². The van der Waals surface area contributed by atoms with Crippen molar-refractivity contribution in [3.8, 4) is 5.75 Å². The van der Waals surface area contributed by atoms with Crippen molar-refractivity contribution >= 4 is 21.8 Å². The molecule has 2 aromatic rings. The highest BCUT2D eigenvalue weighted by Gasteiger charge is 2.33. The molecule has 0 aliphatic carbocycles. The number of nitrogens with zero attached hydrogens (tertiary/aromatic N) is 1. The van der Waals surface area contributed by atoms with Crippen molar-refractivity contribution in [3.05, 3.63) is 59.7 Å². The molecule has 36 heavy (non-hydrogen) atoms. The van der Waals surface area contributed by atoms with Crippen LogP contribution in [0.4, 0.5) is 13.2 Å². The van der Waals surface area contributed by atoms with E-state index >= 15 is 0 Å². The van der Waals surface area contributed by atoms with Gasteiger partial charge in [0.15, 0.2) is 0 Å². The van der Waals surface area contributed by atoms with E-state index in [-0.39, 0.29) is 42.3 Å². The quantitative estimate of drug-likeness (QED) is 0.550. The van der Waals surface area contributed by atoms with Gasteiger partial charge in [0.1, 0.15) is 11.8 Å². The lowest BCUT2D eigenvalue weighted by Gasteiger charge is -2.32. The monoisotopic (exact) mass is 527 g/mol. The molecule has 1 aliphatic rings. The number of benzene rings is 2. The summed E-state index contributed by atoms with van der Waals surface area (Å²) < 4.78 is 70.4. The van der Waals surface area contributed by atoms with Crippen molar-refractivity contribution in [2.24, 2.45) is 0 Å². The van der Waals surface area contributed by atoms with E-state index in [4.69, 9.17) is 4.74 Å². The number of carbonyl (C=O) groups is 2. The molecule has 1 heterocycles. The minimum absolute atomic E-state index is 0.0948. The van der Waals surface area contributed by atoms with Gasteiger partial charge in [-0.25, -0.2) is 8.42 Å². The molecule has 2 N–H and O–H groups in total. The van der Waals surface area contributed by atoms with Crippen LogP contribution in [0.2, 0.25) is 0 Å². The molecule has 0 bridgehead atoms. The molecular weight excluding hydrogens is 499 g/mol. The highest BCUT2D eigenvalue weighted by Crippen LogP contribution is 2.30. The van der Waals surface area contributed by atoms with E-state index in [1.807, 2.05) is 0 Å². The zero-order valence-electron chi connectivity index (χ0n) is 19.8. The molecule has 1 aliphatic heterocycles. The number of hydrogen-bond acceptors (Lipinski definition) is 5. The van der Waals surface area contributed by atoms with Gasteiger partial charge < -0.3 is 15.4 Å². The average Bonchev–Trinajstić information content (AvgIpc) is 2.83. The number of sulfonamides is 1. The van der Waals surface area contributed by atoms with E-state index in [0.717, 1.165) is 29.8 Å². The Balaban J connectivity index is 1.60. The summed E-state index contributed by atoms with van der Waals surface area (Å²) in [6.07, 6.45) is -3.65. The Kier molecular flexibility index (Phi) is 8.62. The number of ether oxygens (including phenoxy) is 1. The number of hydrogen-bond donors (Lipinski definition) is 2. The number of methoxy groups -OCH3 is 1. The van der Waals surface area contributed by atoms with Crippen molar-refractivity contribution in [2.75, 3.05) is 20.2 Å². The molecule has 8 nitrogen and oxygen atoms in total. The smallest absolute Gasteiger partial charge is 0.416 e. The number of halogens is 3. The van der Waals surface area contributed by atoms with Crippen LogP contribution in [0.3, 0.4) is 0 Å². The minimum atomic E-state index is -4.55. The van der Waals surface area contributed by atoms with E-state index in [9.17, 15) is 31.2 Å². The van der Waals surface area contributed by atoms with E-state index < -0.39 is 27.8 Å². The largest absolute Gasteiger partial charge is 0.497 e. The van der Waals surface area contributed by atoms with E-state index in [1.165, 1.54) is 11.2 Å². The van der Waals surface area contributed by atoms with Crippen LogP contribution in [0, 0.1) is 0 Å². The van der Waals surface area contributed by atoms with Crippen molar-refractivity contribution in [1.29, 1.82) is 0 Å². The summed E-state index contributed by atoms with van der Waals surface area (Å²) in [5, 5.41) is 5.53. The average molecular weight is 528 g/mol. The molecule has 1 saturated heterocycles. The fourth-order valence-electron chi connectivity index (χ4n) is 3.96. The third-order valence-corrected chi connectivity index (χ3v) is 7.83. The minimum Gasteiger partial charge on any atom is -0.497 e. The van der Waals surface area contributed by atoms with Gasteiger partial charge in [-0.2, -0.15) is 17.5 Å². The highest BCUT2D eigenvalue weighted by atomic mass is 32.2. The molecule has 0 radical (unpaired) electrons. The fourth-order valence-corrected chi connectivity index (χ4v) is 5.43. The Bertz CT molecular complexity index is 1160. The molecule has 0 aromatic heterocycles. The molecule has 1 atom stereocenters. The second kappa shape index (κ2) is 11.3. The van der Waals surface area contributed by atoms with E-state index in [0.29, 0.717) is 18.6 Å². The SMILES string of the molecule is COc1ccc(C[C@@H](NC(C)=O)C(=O)NC2CCN(S(=O)(=O)c3ccc(C(F)(F)F)cc3)CC2)cc1. The summed E-state index contributed by atoms with van der Waals surface area (Å²) >= 11 is 0. The third-order valence-electron chi connectivity index (χ3n) is 5.91. The summed E-state index contributed by atoms with van der Waals surface area (Å²) in [5.41, 5.74) is -0.103. The Morgan fingerprint density at radius 2 is 1.64 bits per heavy atom. The number of amides is 2. The highest BCUT2D eigenvalue weighted by molar-refractivity contribution is 7.89. The number of rotatable bonds is 8. The van der Waals surface area contributed by atoms with Crippen molar-refractivity contribution in [3.63, 3.8) is 0 Å². The first-order valence-electron chi connectivity index (χ1n) is 11.3. The molecule has 196 valence electrons. The maximum atomic E-state index is 12.9.